The SMILES string of the molecule is O=Cc1cccc(CN2Cc3ccccc3C2=O)c1. The summed E-state index contributed by atoms with van der Waals surface area (Å²) in [6.07, 6.45) is 0.823. The van der Waals surface area contributed by atoms with Crippen LogP contribution in [0.25, 0.3) is 0 Å². The summed E-state index contributed by atoms with van der Waals surface area (Å²) in [5.74, 6) is 0.0621. The minimum atomic E-state index is 0.0621. The molecule has 0 radical (unpaired) electrons. The number of rotatable bonds is 3. The lowest BCUT2D eigenvalue weighted by molar-refractivity contribution is 0.0766. The van der Waals surface area contributed by atoms with Gasteiger partial charge in [0.2, 0.25) is 0 Å². The molecule has 3 rings (SSSR count). The third kappa shape index (κ3) is 2.15. The molecule has 1 aliphatic heterocycles. The Bertz CT molecular complexity index is 649. The summed E-state index contributed by atoms with van der Waals surface area (Å²) in [6, 6.07) is 15.0. The second-order valence-electron chi connectivity index (χ2n) is 4.68. The zero-order chi connectivity index (χ0) is 13.2. The van der Waals surface area contributed by atoms with Gasteiger partial charge in [-0.05, 0) is 23.3 Å². The van der Waals surface area contributed by atoms with Crippen LogP contribution >= 0.6 is 0 Å². The van der Waals surface area contributed by atoms with Crippen LogP contribution in [0, 0.1) is 0 Å². The Kier molecular flexibility index (Phi) is 2.88. The first-order valence-corrected chi connectivity index (χ1v) is 6.19. The van der Waals surface area contributed by atoms with Crippen molar-refractivity contribution < 1.29 is 9.59 Å². The first-order valence-electron chi connectivity index (χ1n) is 6.19. The molecule has 0 aromatic heterocycles. The van der Waals surface area contributed by atoms with Gasteiger partial charge in [0.25, 0.3) is 5.91 Å². The van der Waals surface area contributed by atoms with Crippen LogP contribution in [0.1, 0.15) is 31.8 Å². The number of benzene rings is 2. The quantitative estimate of drug-likeness (QED) is 0.786. The largest absolute Gasteiger partial charge is 0.330 e. The lowest BCUT2D eigenvalue weighted by Crippen LogP contribution is -2.23. The van der Waals surface area contributed by atoms with Gasteiger partial charge in [0, 0.05) is 24.2 Å². The minimum Gasteiger partial charge on any atom is -0.330 e. The van der Waals surface area contributed by atoms with Gasteiger partial charge in [-0.25, -0.2) is 0 Å². The van der Waals surface area contributed by atoms with Crippen molar-refractivity contribution in [3.63, 3.8) is 0 Å². The van der Waals surface area contributed by atoms with E-state index in [1.807, 2.05) is 42.5 Å². The topological polar surface area (TPSA) is 37.4 Å². The maximum atomic E-state index is 12.2. The highest BCUT2D eigenvalue weighted by Crippen LogP contribution is 2.24. The number of carbonyl (C=O) groups is 2. The van der Waals surface area contributed by atoms with E-state index in [0.717, 1.165) is 23.0 Å². The fraction of sp³-hybridized carbons (Fsp3) is 0.125. The van der Waals surface area contributed by atoms with Crippen molar-refractivity contribution in [2.75, 3.05) is 0 Å². The molecule has 1 amide bonds. The highest BCUT2D eigenvalue weighted by molar-refractivity contribution is 5.98. The van der Waals surface area contributed by atoms with E-state index in [4.69, 9.17) is 0 Å². The van der Waals surface area contributed by atoms with E-state index in [-0.39, 0.29) is 5.91 Å². The molecule has 0 spiro atoms. The molecule has 0 N–H and O–H groups in total. The van der Waals surface area contributed by atoms with E-state index in [1.54, 1.807) is 11.0 Å². The number of fused-ring (bicyclic) bond motifs is 1. The molecule has 94 valence electrons. The fourth-order valence-electron chi connectivity index (χ4n) is 2.43. The Morgan fingerprint density at radius 1 is 1.11 bits per heavy atom. The first kappa shape index (κ1) is 11.7. The summed E-state index contributed by atoms with van der Waals surface area (Å²) in [5, 5.41) is 0. The maximum absolute atomic E-state index is 12.2. The summed E-state index contributed by atoms with van der Waals surface area (Å²) in [5.41, 5.74) is 3.47. The Labute approximate surface area is 111 Å². The van der Waals surface area contributed by atoms with E-state index in [9.17, 15) is 9.59 Å². The van der Waals surface area contributed by atoms with Gasteiger partial charge in [0.15, 0.2) is 0 Å². The van der Waals surface area contributed by atoms with Crippen molar-refractivity contribution in [3.05, 3.63) is 70.8 Å². The molecule has 3 heteroatoms. The molecule has 3 nitrogen and oxygen atoms in total. The summed E-state index contributed by atoms with van der Waals surface area (Å²) < 4.78 is 0. The Morgan fingerprint density at radius 3 is 2.74 bits per heavy atom. The highest BCUT2D eigenvalue weighted by atomic mass is 16.2. The number of hydrogen-bond donors (Lipinski definition) is 0. The summed E-state index contributed by atoms with van der Waals surface area (Å²) in [6.45, 7) is 1.18. The standard InChI is InChI=1S/C16H13NO2/c18-11-13-5-3-4-12(8-13)9-17-10-14-6-1-2-7-15(14)16(17)19/h1-8,11H,9-10H2. The normalized spacial score (nSPS) is 13.5. The van der Waals surface area contributed by atoms with Gasteiger partial charge in [-0.1, -0.05) is 36.4 Å². The average Bonchev–Trinajstić information content (AvgIpc) is 2.76. The molecule has 0 atom stereocenters. The van der Waals surface area contributed by atoms with Crippen LogP contribution in [0.4, 0.5) is 0 Å². The number of carbonyl (C=O) groups excluding carboxylic acids is 2. The molecule has 0 fully saturated rings. The smallest absolute Gasteiger partial charge is 0.254 e. The van der Waals surface area contributed by atoms with E-state index in [2.05, 4.69) is 0 Å². The van der Waals surface area contributed by atoms with Crippen LogP contribution in [-0.4, -0.2) is 17.1 Å². The molecule has 0 saturated carbocycles. The summed E-state index contributed by atoms with van der Waals surface area (Å²) >= 11 is 0. The zero-order valence-electron chi connectivity index (χ0n) is 10.4. The Balaban J connectivity index is 1.82. The highest BCUT2D eigenvalue weighted by Gasteiger charge is 2.26. The van der Waals surface area contributed by atoms with Gasteiger partial charge in [-0.15, -0.1) is 0 Å². The molecule has 1 heterocycles. The number of amides is 1. The van der Waals surface area contributed by atoms with Gasteiger partial charge in [0.1, 0.15) is 6.29 Å². The molecule has 0 saturated heterocycles. The third-order valence-corrected chi connectivity index (χ3v) is 3.36. The van der Waals surface area contributed by atoms with E-state index in [1.165, 1.54) is 0 Å². The van der Waals surface area contributed by atoms with Crippen LogP contribution in [0.15, 0.2) is 48.5 Å². The first-order chi connectivity index (χ1) is 9.28. The van der Waals surface area contributed by atoms with Crippen molar-refractivity contribution in [2.24, 2.45) is 0 Å². The molecule has 19 heavy (non-hydrogen) atoms. The molecule has 1 aliphatic rings. The molecule has 2 aromatic carbocycles. The number of hydrogen-bond acceptors (Lipinski definition) is 2. The van der Waals surface area contributed by atoms with Gasteiger partial charge < -0.3 is 4.90 Å². The predicted molar refractivity (Wildman–Crippen MR) is 71.8 cm³/mol. The molecular formula is C16H13NO2. The second kappa shape index (κ2) is 4.69. The zero-order valence-corrected chi connectivity index (χ0v) is 10.4. The lowest BCUT2D eigenvalue weighted by atomic mass is 10.1. The van der Waals surface area contributed by atoms with Crippen molar-refractivity contribution in [1.82, 2.24) is 4.90 Å². The number of aldehydes is 1. The Hall–Kier alpha value is -2.42. The summed E-state index contributed by atoms with van der Waals surface area (Å²) in [4.78, 5) is 24.8. The molecular weight excluding hydrogens is 238 g/mol. The molecule has 0 unspecified atom stereocenters. The van der Waals surface area contributed by atoms with Gasteiger partial charge in [0.05, 0.1) is 0 Å². The van der Waals surface area contributed by atoms with Crippen LogP contribution in [0.2, 0.25) is 0 Å². The number of nitrogens with zero attached hydrogens (tertiary/aromatic N) is 1. The van der Waals surface area contributed by atoms with Crippen molar-refractivity contribution >= 4 is 12.2 Å². The van der Waals surface area contributed by atoms with Crippen molar-refractivity contribution in [1.29, 1.82) is 0 Å². The Morgan fingerprint density at radius 2 is 1.95 bits per heavy atom. The van der Waals surface area contributed by atoms with Crippen LogP contribution < -0.4 is 0 Å². The van der Waals surface area contributed by atoms with Gasteiger partial charge in [-0.2, -0.15) is 0 Å². The minimum absolute atomic E-state index is 0.0621. The fourth-order valence-corrected chi connectivity index (χ4v) is 2.43. The van der Waals surface area contributed by atoms with Crippen LogP contribution in [0.3, 0.4) is 0 Å². The average molecular weight is 251 g/mol. The second-order valence-corrected chi connectivity index (χ2v) is 4.68. The van der Waals surface area contributed by atoms with E-state index in [0.29, 0.717) is 18.7 Å². The lowest BCUT2D eigenvalue weighted by Gasteiger charge is -2.15. The maximum Gasteiger partial charge on any atom is 0.254 e. The molecule has 0 bridgehead atoms. The van der Waals surface area contributed by atoms with Crippen LogP contribution in [0.5, 0.6) is 0 Å². The van der Waals surface area contributed by atoms with Crippen molar-refractivity contribution in [2.45, 2.75) is 13.1 Å². The van der Waals surface area contributed by atoms with Gasteiger partial charge >= 0.3 is 0 Å². The van der Waals surface area contributed by atoms with E-state index < -0.39 is 0 Å². The third-order valence-electron chi connectivity index (χ3n) is 3.36. The monoisotopic (exact) mass is 251 g/mol. The van der Waals surface area contributed by atoms with Crippen LogP contribution in [-0.2, 0) is 13.1 Å². The van der Waals surface area contributed by atoms with Gasteiger partial charge in [-0.3, -0.25) is 9.59 Å². The molecule has 0 aliphatic carbocycles. The predicted octanol–water partition coefficient (Wildman–Crippen LogP) is 2.66. The van der Waals surface area contributed by atoms with E-state index >= 15 is 0 Å². The summed E-state index contributed by atoms with van der Waals surface area (Å²) in [7, 11) is 0. The van der Waals surface area contributed by atoms with Crippen molar-refractivity contribution in [3.8, 4) is 0 Å². The molecule has 2 aromatic rings.